The molecule has 2 heterocycles. The first-order valence-electron chi connectivity index (χ1n) is 13.4. The molecule has 0 saturated carbocycles. The van der Waals surface area contributed by atoms with Crippen molar-refractivity contribution in [2.24, 2.45) is 0 Å². The number of carbonyl (C=O) groups excluding carboxylic acids is 1. The topological polar surface area (TPSA) is 134 Å². The molecule has 0 saturated heterocycles. The Bertz CT molecular complexity index is 1720. The zero-order valence-electron chi connectivity index (χ0n) is 25.1. The molecule has 1 aliphatic rings. The van der Waals surface area contributed by atoms with Crippen molar-refractivity contribution in [3.63, 3.8) is 0 Å². The van der Waals surface area contributed by atoms with Gasteiger partial charge < -0.3 is 38.3 Å². The van der Waals surface area contributed by atoms with Crippen LogP contribution in [0, 0.1) is 6.92 Å². The number of benzene rings is 3. The van der Waals surface area contributed by atoms with Crippen molar-refractivity contribution in [3.05, 3.63) is 75.7 Å². The predicted molar refractivity (Wildman–Crippen MR) is 162 cm³/mol. The summed E-state index contributed by atoms with van der Waals surface area (Å²) in [6, 6.07) is 11.3. The summed E-state index contributed by atoms with van der Waals surface area (Å²) in [4.78, 5) is 24.2. The molecule has 5 rings (SSSR count). The highest BCUT2D eigenvalue weighted by Gasteiger charge is 2.29. The Kier molecular flexibility index (Phi) is 8.89. The first-order valence-corrected chi connectivity index (χ1v) is 13.4. The lowest BCUT2D eigenvalue weighted by Gasteiger charge is -2.29. The smallest absolute Gasteiger partial charge is 0.347 e. The van der Waals surface area contributed by atoms with Crippen LogP contribution in [-0.2, 0) is 4.74 Å². The number of phenolic OH excluding ortho intramolecular Hbond substituents is 2. The second-order valence-corrected chi connectivity index (χ2v) is 10.1. The quantitative estimate of drug-likeness (QED) is 0.196. The molecule has 226 valence electrons. The van der Waals surface area contributed by atoms with E-state index in [1.54, 1.807) is 58.4 Å². The van der Waals surface area contributed by atoms with Gasteiger partial charge in [0.15, 0.2) is 0 Å². The van der Waals surface area contributed by atoms with Crippen molar-refractivity contribution in [2.75, 3.05) is 27.9 Å². The lowest BCUT2D eigenvalue weighted by Crippen LogP contribution is -2.27. The highest BCUT2D eigenvalue weighted by atomic mass is 16.5. The first-order chi connectivity index (χ1) is 20.4. The maximum absolute atomic E-state index is 12.9. The van der Waals surface area contributed by atoms with E-state index in [2.05, 4.69) is 0 Å². The van der Waals surface area contributed by atoms with Gasteiger partial charge in [-0.15, -0.1) is 0 Å². The van der Waals surface area contributed by atoms with Gasteiger partial charge in [0.1, 0.15) is 62.2 Å². The number of carbonyl (C=O) groups is 1. The van der Waals surface area contributed by atoms with Gasteiger partial charge in [0.2, 0.25) is 0 Å². The zero-order chi connectivity index (χ0) is 31.5. The highest BCUT2D eigenvalue weighted by molar-refractivity contribution is 5.99. The first kappa shape index (κ1) is 30.8. The number of methoxy groups -OCH3 is 3. The van der Waals surface area contributed by atoms with E-state index < -0.39 is 17.2 Å². The maximum Gasteiger partial charge on any atom is 0.347 e. The van der Waals surface area contributed by atoms with E-state index in [1.807, 2.05) is 26.0 Å². The van der Waals surface area contributed by atoms with E-state index >= 15 is 0 Å². The Labute approximate surface area is 248 Å². The molecule has 1 aliphatic heterocycles. The van der Waals surface area contributed by atoms with Crippen LogP contribution >= 0.6 is 0 Å². The number of ether oxygens (including phenoxy) is 5. The largest absolute Gasteiger partial charge is 0.508 e. The average Bonchev–Trinajstić information content (AvgIpc) is 2.95. The van der Waals surface area contributed by atoms with Crippen LogP contribution in [0.15, 0.2) is 57.8 Å². The molecule has 2 N–H and O–H groups in total. The van der Waals surface area contributed by atoms with Gasteiger partial charge in [0, 0.05) is 12.1 Å². The van der Waals surface area contributed by atoms with Crippen LogP contribution in [0.1, 0.15) is 42.3 Å². The Morgan fingerprint density at radius 3 is 2.21 bits per heavy atom. The Balaban J connectivity index is 0.000000255. The minimum atomic E-state index is -0.581. The van der Waals surface area contributed by atoms with E-state index in [0.29, 0.717) is 50.7 Å². The average molecular weight is 591 g/mol. The number of fused-ring (bicyclic) bond motifs is 2. The van der Waals surface area contributed by atoms with Gasteiger partial charge in [0.05, 0.1) is 33.5 Å². The van der Waals surface area contributed by atoms with Crippen LogP contribution in [0.25, 0.3) is 28.2 Å². The standard InChI is InChI=1S/C23H22O6.C10H12O4/c1-23(2)11-10-15-16(29-23)12-17-19(20(15)26-4)21(27-5)18(22(24)28-17)13-6-8-14(25-3)9-7-13;1-3-14-10(13)9-6(2)4-7(11)5-8(9)12/h6-12H,1-5H3;4-5,11-12H,3H2,1-2H3. The lowest BCUT2D eigenvalue weighted by molar-refractivity contribution is 0.0522. The normalized spacial score (nSPS) is 12.8. The minimum absolute atomic E-state index is 0.0759. The number of hydrogen-bond donors (Lipinski definition) is 2. The number of phenols is 2. The summed E-state index contributed by atoms with van der Waals surface area (Å²) in [6.07, 6.45) is 3.91. The molecule has 4 aromatic rings. The third kappa shape index (κ3) is 6.23. The Morgan fingerprint density at radius 1 is 0.953 bits per heavy atom. The Hall–Kier alpha value is -5.12. The van der Waals surface area contributed by atoms with Crippen LogP contribution in [-0.4, -0.2) is 49.7 Å². The monoisotopic (exact) mass is 590 g/mol. The summed E-state index contributed by atoms with van der Waals surface area (Å²) >= 11 is 0. The Morgan fingerprint density at radius 2 is 1.63 bits per heavy atom. The summed E-state index contributed by atoms with van der Waals surface area (Å²) in [6.45, 7) is 7.45. The minimum Gasteiger partial charge on any atom is -0.508 e. The number of rotatable bonds is 6. The third-order valence-corrected chi connectivity index (χ3v) is 6.70. The van der Waals surface area contributed by atoms with Crippen molar-refractivity contribution in [1.29, 1.82) is 0 Å². The van der Waals surface area contributed by atoms with E-state index in [0.717, 1.165) is 11.6 Å². The molecular formula is C33H34O10. The molecule has 0 aliphatic carbocycles. The third-order valence-electron chi connectivity index (χ3n) is 6.70. The van der Waals surface area contributed by atoms with Crippen LogP contribution < -0.4 is 24.6 Å². The van der Waals surface area contributed by atoms with Crippen molar-refractivity contribution >= 4 is 23.0 Å². The summed E-state index contributed by atoms with van der Waals surface area (Å²) in [5, 5.41) is 19.1. The number of hydrogen-bond acceptors (Lipinski definition) is 10. The number of aryl methyl sites for hydroxylation is 1. The van der Waals surface area contributed by atoms with Crippen molar-refractivity contribution < 1.29 is 43.1 Å². The number of aromatic hydroxyl groups is 2. The van der Waals surface area contributed by atoms with Gasteiger partial charge in [-0.2, -0.15) is 0 Å². The maximum atomic E-state index is 12.9. The van der Waals surface area contributed by atoms with Crippen LogP contribution in [0.4, 0.5) is 0 Å². The van der Waals surface area contributed by atoms with Gasteiger partial charge in [-0.05, 0) is 69.2 Å². The summed E-state index contributed by atoms with van der Waals surface area (Å²) in [5.41, 5.74) is 1.70. The fraction of sp³-hybridized carbons (Fsp3) is 0.273. The summed E-state index contributed by atoms with van der Waals surface area (Å²) in [5.74, 6) is 1.27. The predicted octanol–water partition coefficient (Wildman–Crippen LogP) is 6.25. The molecule has 10 nitrogen and oxygen atoms in total. The molecule has 0 amide bonds. The molecule has 43 heavy (non-hydrogen) atoms. The molecule has 0 spiro atoms. The van der Waals surface area contributed by atoms with Gasteiger partial charge in [0.25, 0.3) is 0 Å². The van der Waals surface area contributed by atoms with Crippen LogP contribution in [0.2, 0.25) is 0 Å². The number of esters is 1. The van der Waals surface area contributed by atoms with E-state index in [9.17, 15) is 14.7 Å². The molecular weight excluding hydrogens is 556 g/mol. The van der Waals surface area contributed by atoms with Crippen LogP contribution in [0.5, 0.6) is 34.5 Å². The van der Waals surface area contributed by atoms with Crippen LogP contribution in [0.3, 0.4) is 0 Å². The summed E-state index contributed by atoms with van der Waals surface area (Å²) < 4.78 is 33.1. The molecule has 1 aromatic heterocycles. The van der Waals surface area contributed by atoms with E-state index in [1.165, 1.54) is 13.2 Å². The molecule has 10 heteroatoms. The van der Waals surface area contributed by atoms with Crippen molar-refractivity contribution in [1.82, 2.24) is 0 Å². The fourth-order valence-corrected chi connectivity index (χ4v) is 4.78. The fourth-order valence-electron chi connectivity index (χ4n) is 4.78. The van der Waals surface area contributed by atoms with E-state index in [4.69, 9.17) is 33.2 Å². The van der Waals surface area contributed by atoms with Gasteiger partial charge in [-0.1, -0.05) is 12.1 Å². The van der Waals surface area contributed by atoms with E-state index in [-0.39, 0.29) is 23.7 Å². The molecule has 0 fully saturated rings. The second kappa shape index (κ2) is 12.4. The molecule has 3 aromatic carbocycles. The zero-order valence-corrected chi connectivity index (χ0v) is 25.1. The lowest BCUT2D eigenvalue weighted by atomic mass is 9.98. The highest BCUT2D eigenvalue weighted by Crippen LogP contribution is 2.47. The van der Waals surface area contributed by atoms with Gasteiger partial charge in [-0.3, -0.25) is 0 Å². The summed E-state index contributed by atoms with van der Waals surface area (Å²) in [7, 11) is 4.68. The molecule has 0 atom stereocenters. The van der Waals surface area contributed by atoms with Gasteiger partial charge in [-0.25, -0.2) is 9.59 Å². The van der Waals surface area contributed by atoms with Crippen molar-refractivity contribution in [3.8, 4) is 45.6 Å². The van der Waals surface area contributed by atoms with Gasteiger partial charge >= 0.3 is 11.6 Å². The molecule has 0 unspecified atom stereocenters. The second-order valence-electron chi connectivity index (χ2n) is 10.1. The molecule has 0 bridgehead atoms. The molecule has 0 radical (unpaired) electrons. The van der Waals surface area contributed by atoms with Crippen molar-refractivity contribution in [2.45, 2.75) is 33.3 Å². The SMILES string of the molecule is CCOC(=O)c1c(C)cc(O)cc1O.COc1ccc(-c2c(OC)c3c(OC)c4c(cc3oc2=O)OC(C)(C)C=C4)cc1.